The molecule has 3 aromatic heterocycles. The van der Waals surface area contributed by atoms with E-state index in [0.29, 0.717) is 11.5 Å². The van der Waals surface area contributed by atoms with Crippen LogP contribution in [0.15, 0.2) is 53.6 Å². The number of nitrogens with zero attached hydrogens (tertiary/aromatic N) is 6. The summed E-state index contributed by atoms with van der Waals surface area (Å²) in [5.41, 5.74) is -2.18. The Bertz CT molecular complexity index is 1760. The van der Waals surface area contributed by atoms with Crippen molar-refractivity contribution in [3.8, 4) is 17.6 Å². The Balaban J connectivity index is 1.71. The van der Waals surface area contributed by atoms with E-state index < -0.39 is 35.2 Å². The molecular formula is C26H21ClF3N7O5. The molecule has 0 saturated carbocycles. The van der Waals surface area contributed by atoms with Gasteiger partial charge in [-0.3, -0.25) is 4.79 Å². The van der Waals surface area contributed by atoms with Gasteiger partial charge in [0.2, 0.25) is 5.75 Å². The minimum atomic E-state index is -4.94. The van der Waals surface area contributed by atoms with Gasteiger partial charge in [0.05, 0.1) is 30.4 Å². The van der Waals surface area contributed by atoms with E-state index in [2.05, 4.69) is 15.4 Å². The van der Waals surface area contributed by atoms with E-state index in [1.54, 1.807) is 12.1 Å². The molecule has 1 aromatic carbocycles. The maximum Gasteiger partial charge on any atom is 0.420 e. The number of carbonyl (C=O) groups excluding carboxylic acids is 2. The Labute approximate surface area is 240 Å². The Morgan fingerprint density at radius 3 is 2.69 bits per heavy atom. The fourth-order valence-corrected chi connectivity index (χ4v) is 4.06. The number of aromatic nitrogens is 4. The first-order valence-electron chi connectivity index (χ1n) is 12.0. The smallest absolute Gasteiger partial charge is 0.420 e. The molecule has 12 nitrogen and oxygen atoms in total. The van der Waals surface area contributed by atoms with Gasteiger partial charge in [0.1, 0.15) is 17.9 Å². The summed E-state index contributed by atoms with van der Waals surface area (Å²) in [6.07, 6.45) is -3.26. The van der Waals surface area contributed by atoms with Gasteiger partial charge in [0.15, 0.2) is 5.65 Å². The minimum Gasteiger partial charge on any atom is -0.451 e. The third-order valence-electron chi connectivity index (χ3n) is 5.86. The number of alkyl carbamates (subject to hydrolysis) is 1. The maximum atomic E-state index is 13.8. The number of hydrogen-bond acceptors (Lipinski definition) is 8. The number of benzene rings is 1. The first kappa shape index (κ1) is 29.9. The first-order valence-corrected chi connectivity index (χ1v) is 12.4. The molecular weight excluding hydrogens is 583 g/mol. The van der Waals surface area contributed by atoms with Crippen LogP contribution in [-0.4, -0.2) is 63.6 Å². The third-order valence-corrected chi connectivity index (χ3v) is 6.08. The largest absolute Gasteiger partial charge is 0.451 e. The van der Waals surface area contributed by atoms with Crippen molar-refractivity contribution < 1.29 is 32.2 Å². The lowest BCUT2D eigenvalue weighted by molar-refractivity contribution is -0.138. The zero-order valence-electron chi connectivity index (χ0n) is 22.0. The van der Waals surface area contributed by atoms with Gasteiger partial charge in [-0.05, 0) is 36.4 Å². The number of halogens is 4. The molecule has 4 aromatic rings. The van der Waals surface area contributed by atoms with Crippen LogP contribution in [0.3, 0.4) is 0 Å². The Kier molecular flexibility index (Phi) is 8.67. The lowest BCUT2D eigenvalue weighted by atomic mass is 10.2. The number of nitriles is 1. The summed E-state index contributed by atoms with van der Waals surface area (Å²) in [6, 6.07) is 8.60. The Hall–Kier alpha value is -5.10. The molecule has 3 heterocycles. The summed E-state index contributed by atoms with van der Waals surface area (Å²) >= 11 is 5.95. The standard InChI is InChI=1S/C26H21ClF3N7O5/c1-32-24(39)41-9-8-35(2)25(40)37-22-18(4-3-6-33-22)20(34-37)14-36-7-5-19(26(28,29)30)21(23(36)38)42-17-11-15(13-31)10-16(27)12-17/h3-7,10-12H,8-9,14H2,1-2H3,(H,32,39). The molecule has 0 fully saturated rings. The molecule has 16 heteroatoms. The number of alkyl halides is 3. The highest BCUT2D eigenvalue weighted by Gasteiger charge is 2.37. The van der Waals surface area contributed by atoms with Gasteiger partial charge in [-0.1, -0.05) is 11.6 Å². The summed E-state index contributed by atoms with van der Waals surface area (Å²) in [5, 5.41) is 16.1. The quantitative estimate of drug-likeness (QED) is 0.330. The highest BCUT2D eigenvalue weighted by Crippen LogP contribution is 2.36. The van der Waals surface area contributed by atoms with Crippen molar-refractivity contribution in [2.45, 2.75) is 12.7 Å². The van der Waals surface area contributed by atoms with Gasteiger partial charge < -0.3 is 24.3 Å². The molecule has 4 rings (SSSR count). The average Bonchev–Trinajstić information content (AvgIpc) is 3.31. The molecule has 0 aliphatic rings. The molecule has 42 heavy (non-hydrogen) atoms. The number of rotatable bonds is 7. The van der Waals surface area contributed by atoms with Gasteiger partial charge in [0.25, 0.3) is 5.56 Å². The van der Waals surface area contributed by atoms with Gasteiger partial charge in [-0.15, -0.1) is 0 Å². The van der Waals surface area contributed by atoms with E-state index in [0.717, 1.165) is 21.5 Å². The van der Waals surface area contributed by atoms with Crippen molar-refractivity contribution >= 4 is 34.8 Å². The highest BCUT2D eigenvalue weighted by molar-refractivity contribution is 6.30. The molecule has 0 bridgehead atoms. The molecule has 0 atom stereocenters. The number of amides is 2. The second-order valence-electron chi connectivity index (χ2n) is 8.70. The second kappa shape index (κ2) is 12.2. The molecule has 0 radical (unpaired) electrons. The van der Waals surface area contributed by atoms with Crippen LogP contribution in [0.25, 0.3) is 11.0 Å². The van der Waals surface area contributed by atoms with Crippen molar-refractivity contribution in [2.75, 3.05) is 27.2 Å². The lowest BCUT2D eigenvalue weighted by Gasteiger charge is -2.16. The van der Waals surface area contributed by atoms with Gasteiger partial charge >= 0.3 is 18.3 Å². The van der Waals surface area contributed by atoms with E-state index in [-0.39, 0.29) is 47.4 Å². The van der Waals surface area contributed by atoms with Crippen LogP contribution in [0.2, 0.25) is 5.02 Å². The fraction of sp³-hybridized carbons (Fsp3) is 0.231. The molecule has 2 amide bonds. The van der Waals surface area contributed by atoms with Crippen molar-refractivity contribution in [1.29, 1.82) is 5.26 Å². The number of carbonyl (C=O) groups is 2. The topological polar surface area (TPSA) is 144 Å². The van der Waals surface area contributed by atoms with Crippen molar-refractivity contribution in [1.82, 2.24) is 29.5 Å². The first-order chi connectivity index (χ1) is 19.9. The fourth-order valence-electron chi connectivity index (χ4n) is 3.83. The van der Waals surface area contributed by atoms with Crippen LogP contribution in [0.5, 0.6) is 11.5 Å². The molecule has 1 N–H and O–H groups in total. The summed E-state index contributed by atoms with van der Waals surface area (Å²) in [6.45, 7) is -0.433. The van der Waals surface area contributed by atoms with Gasteiger partial charge in [-0.2, -0.15) is 28.2 Å². The van der Waals surface area contributed by atoms with Crippen LogP contribution in [-0.2, 0) is 17.5 Å². The van der Waals surface area contributed by atoms with Gasteiger partial charge in [0, 0.05) is 36.9 Å². The maximum absolute atomic E-state index is 13.8. The summed E-state index contributed by atoms with van der Waals surface area (Å²) in [4.78, 5) is 43.1. The zero-order chi connectivity index (χ0) is 30.6. The van der Waals surface area contributed by atoms with Crippen LogP contribution < -0.4 is 15.6 Å². The van der Waals surface area contributed by atoms with Crippen LogP contribution in [0.4, 0.5) is 22.8 Å². The predicted molar refractivity (Wildman–Crippen MR) is 142 cm³/mol. The monoisotopic (exact) mass is 603 g/mol. The zero-order valence-corrected chi connectivity index (χ0v) is 22.7. The molecule has 0 aliphatic carbocycles. The van der Waals surface area contributed by atoms with Crippen LogP contribution >= 0.6 is 11.6 Å². The van der Waals surface area contributed by atoms with Crippen LogP contribution in [0, 0.1) is 11.3 Å². The molecule has 0 saturated heterocycles. The van der Waals surface area contributed by atoms with E-state index >= 15 is 0 Å². The predicted octanol–water partition coefficient (Wildman–Crippen LogP) is 4.23. The van der Waals surface area contributed by atoms with E-state index in [9.17, 15) is 27.6 Å². The van der Waals surface area contributed by atoms with E-state index in [1.807, 2.05) is 6.07 Å². The van der Waals surface area contributed by atoms with Crippen molar-refractivity contribution in [3.63, 3.8) is 0 Å². The van der Waals surface area contributed by atoms with E-state index in [1.165, 1.54) is 37.3 Å². The molecule has 0 aliphatic heterocycles. The number of hydrogen-bond donors (Lipinski definition) is 1. The summed E-state index contributed by atoms with van der Waals surface area (Å²) < 4.78 is 53.7. The summed E-state index contributed by atoms with van der Waals surface area (Å²) in [7, 11) is 2.84. The minimum absolute atomic E-state index is 0.0154. The van der Waals surface area contributed by atoms with E-state index in [4.69, 9.17) is 26.3 Å². The highest BCUT2D eigenvalue weighted by atomic mass is 35.5. The number of fused-ring (bicyclic) bond motifs is 1. The number of nitrogens with one attached hydrogen (secondary N) is 1. The lowest BCUT2D eigenvalue weighted by Crippen LogP contribution is -2.35. The van der Waals surface area contributed by atoms with Gasteiger partial charge in [-0.25, -0.2) is 14.6 Å². The Morgan fingerprint density at radius 1 is 1.24 bits per heavy atom. The van der Waals surface area contributed by atoms with Crippen molar-refractivity contribution in [2.24, 2.45) is 0 Å². The van der Waals surface area contributed by atoms with Crippen LogP contribution in [0.1, 0.15) is 16.8 Å². The van der Waals surface area contributed by atoms with Crippen molar-refractivity contribution in [3.05, 3.63) is 81.0 Å². The SMILES string of the molecule is CNC(=O)OCCN(C)C(=O)n1nc(Cn2ccc(C(F)(F)F)c(Oc3cc(Cl)cc(C#N)c3)c2=O)c2cccnc21. The second-order valence-corrected chi connectivity index (χ2v) is 9.14. The normalized spacial score (nSPS) is 11.2. The third kappa shape index (κ3) is 6.44. The number of likely N-dealkylation sites (N-methyl/N-ethyl adjacent to an activating group) is 1. The molecule has 218 valence electrons. The molecule has 0 spiro atoms. The number of pyridine rings is 2. The summed E-state index contributed by atoms with van der Waals surface area (Å²) in [5.74, 6) is -1.28. The number of ether oxygens (including phenoxy) is 2. The Morgan fingerprint density at radius 2 is 2.00 bits per heavy atom. The average molecular weight is 604 g/mol. The molecule has 0 unspecified atom stereocenters.